The summed E-state index contributed by atoms with van der Waals surface area (Å²) in [7, 11) is 0. The lowest BCUT2D eigenvalue weighted by Gasteiger charge is -2.17. The van der Waals surface area contributed by atoms with Crippen LogP contribution in [0.15, 0.2) is 36.5 Å². The van der Waals surface area contributed by atoms with Gasteiger partial charge in [-0.3, -0.25) is 25.4 Å². The maximum atomic E-state index is 12.8. The van der Waals surface area contributed by atoms with E-state index < -0.39 is 5.91 Å². The first kappa shape index (κ1) is 19.9. The van der Waals surface area contributed by atoms with Crippen LogP contribution < -0.4 is 16.2 Å². The molecule has 3 N–H and O–H groups in total. The first-order chi connectivity index (χ1) is 13.3. The Bertz CT molecular complexity index is 1080. The van der Waals surface area contributed by atoms with Crippen LogP contribution in [0.3, 0.4) is 0 Å². The van der Waals surface area contributed by atoms with Gasteiger partial charge in [0, 0.05) is 18.5 Å². The van der Waals surface area contributed by atoms with Crippen LogP contribution in [0.4, 0.5) is 11.4 Å². The third-order valence-electron chi connectivity index (χ3n) is 4.34. The number of anilines is 2. The summed E-state index contributed by atoms with van der Waals surface area (Å²) in [5.74, 6) is -0.653. The zero-order chi connectivity index (χ0) is 20.4. The van der Waals surface area contributed by atoms with Crippen molar-refractivity contribution in [3.63, 3.8) is 0 Å². The number of aryl methyl sites for hydroxylation is 2. The predicted molar refractivity (Wildman–Crippen MR) is 113 cm³/mol. The molecule has 8 heteroatoms. The van der Waals surface area contributed by atoms with Crippen molar-refractivity contribution in [2.45, 2.75) is 20.8 Å². The number of halogens is 2. The van der Waals surface area contributed by atoms with Gasteiger partial charge in [-0.1, -0.05) is 29.3 Å². The third-order valence-corrected chi connectivity index (χ3v) is 4.97. The molecule has 0 fully saturated rings. The summed E-state index contributed by atoms with van der Waals surface area (Å²) in [5.41, 5.74) is 9.35. The fourth-order valence-corrected chi connectivity index (χ4v) is 3.46. The van der Waals surface area contributed by atoms with Gasteiger partial charge >= 0.3 is 0 Å². The molecule has 0 radical (unpaired) electrons. The highest BCUT2D eigenvalue weighted by Crippen LogP contribution is 2.33. The van der Waals surface area contributed by atoms with E-state index in [1.54, 1.807) is 30.5 Å². The van der Waals surface area contributed by atoms with Crippen molar-refractivity contribution in [1.29, 1.82) is 0 Å². The lowest BCUT2D eigenvalue weighted by molar-refractivity contribution is -0.118. The monoisotopic (exact) mass is 416 g/mol. The van der Waals surface area contributed by atoms with Crippen molar-refractivity contribution in [1.82, 2.24) is 10.4 Å². The Morgan fingerprint density at radius 3 is 2.36 bits per heavy atom. The van der Waals surface area contributed by atoms with Crippen LogP contribution >= 0.6 is 23.2 Å². The van der Waals surface area contributed by atoms with E-state index in [0.29, 0.717) is 16.9 Å². The fraction of sp³-hybridized carbons (Fsp3) is 0.150. The Morgan fingerprint density at radius 1 is 1.04 bits per heavy atom. The van der Waals surface area contributed by atoms with E-state index in [9.17, 15) is 9.59 Å². The number of amides is 2. The number of carbonyl (C=O) groups excluding carboxylic acids is 2. The average molecular weight is 417 g/mol. The van der Waals surface area contributed by atoms with Crippen LogP contribution in [0.5, 0.6) is 0 Å². The number of hydrogen-bond donors (Lipinski definition) is 3. The standard InChI is InChI=1S/C20H18Cl2N4O2/c1-10-9-16(24-20(28)18-13(21)5-4-6-14(18)22)19-17(11(10)2)15(7-8-23-19)26-25-12(3)27/h4-9H,1-3H3,(H,23,26)(H,24,28)(H,25,27). The lowest BCUT2D eigenvalue weighted by atomic mass is 10.0. The molecule has 1 aromatic heterocycles. The number of hydrazine groups is 1. The Hall–Kier alpha value is -2.83. The first-order valence-corrected chi connectivity index (χ1v) is 9.22. The van der Waals surface area contributed by atoms with E-state index in [1.807, 2.05) is 19.9 Å². The van der Waals surface area contributed by atoms with E-state index in [-0.39, 0.29) is 21.5 Å². The van der Waals surface area contributed by atoms with Gasteiger partial charge in [0.05, 0.1) is 32.5 Å². The molecule has 3 aromatic rings. The highest BCUT2D eigenvalue weighted by Gasteiger charge is 2.18. The lowest BCUT2D eigenvalue weighted by Crippen LogP contribution is -2.26. The van der Waals surface area contributed by atoms with Gasteiger partial charge in [0.15, 0.2) is 0 Å². The Balaban J connectivity index is 2.09. The van der Waals surface area contributed by atoms with Crippen LogP contribution in [-0.2, 0) is 4.79 Å². The first-order valence-electron chi connectivity index (χ1n) is 8.46. The minimum atomic E-state index is -0.429. The Kier molecular flexibility index (Phi) is 5.72. The number of hydrogen-bond acceptors (Lipinski definition) is 4. The van der Waals surface area contributed by atoms with Crippen molar-refractivity contribution in [3.8, 4) is 0 Å². The average Bonchev–Trinajstić information content (AvgIpc) is 2.63. The van der Waals surface area contributed by atoms with Crippen LogP contribution in [0.25, 0.3) is 10.9 Å². The molecule has 28 heavy (non-hydrogen) atoms. The molecule has 0 spiro atoms. The summed E-state index contributed by atoms with van der Waals surface area (Å²) in [6.45, 7) is 5.30. The molecule has 0 unspecified atom stereocenters. The maximum absolute atomic E-state index is 12.8. The van der Waals surface area contributed by atoms with Crippen LogP contribution in [0, 0.1) is 13.8 Å². The summed E-state index contributed by atoms with van der Waals surface area (Å²) >= 11 is 12.3. The number of aromatic nitrogens is 1. The van der Waals surface area contributed by atoms with Gasteiger partial charge in [0.2, 0.25) is 5.91 Å². The van der Waals surface area contributed by atoms with Crippen molar-refractivity contribution in [2.24, 2.45) is 0 Å². The molecule has 0 atom stereocenters. The number of rotatable bonds is 4. The zero-order valence-electron chi connectivity index (χ0n) is 15.5. The topological polar surface area (TPSA) is 83.1 Å². The van der Waals surface area contributed by atoms with Crippen LogP contribution in [-0.4, -0.2) is 16.8 Å². The highest BCUT2D eigenvalue weighted by atomic mass is 35.5. The predicted octanol–water partition coefficient (Wildman–Crippen LogP) is 4.87. The number of benzene rings is 2. The molecule has 6 nitrogen and oxygen atoms in total. The normalized spacial score (nSPS) is 10.6. The number of nitrogens with zero attached hydrogens (tertiary/aromatic N) is 1. The smallest absolute Gasteiger partial charge is 0.258 e. The molecule has 0 saturated carbocycles. The van der Waals surface area contributed by atoms with Gasteiger partial charge in [-0.2, -0.15) is 0 Å². The molecule has 0 saturated heterocycles. The van der Waals surface area contributed by atoms with Crippen molar-refractivity contribution >= 4 is 57.3 Å². The van der Waals surface area contributed by atoms with Gasteiger partial charge in [0.25, 0.3) is 5.91 Å². The summed E-state index contributed by atoms with van der Waals surface area (Å²) in [6, 6.07) is 8.48. The summed E-state index contributed by atoms with van der Waals surface area (Å²) in [4.78, 5) is 28.5. The summed E-state index contributed by atoms with van der Waals surface area (Å²) in [5, 5.41) is 4.17. The van der Waals surface area contributed by atoms with E-state index in [2.05, 4.69) is 21.2 Å². The molecule has 2 amide bonds. The SMILES string of the molecule is CC(=O)NNc1ccnc2c(NC(=O)c3c(Cl)cccc3Cl)cc(C)c(C)c12. The second-order valence-corrected chi connectivity index (χ2v) is 7.12. The quantitative estimate of drug-likeness (QED) is 0.529. The van der Waals surface area contributed by atoms with Crippen molar-refractivity contribution in [3.05, 3.63) is 63.3 Å². The van der Waals surface area contributed by atoms with E-state index in [0.717, 1.165) is 16.5 Å². The molecule has 3 rings (SSSR count). The van der Waals surface area contributed by atoms with E-state index in [1.165, 1.54) is 6.92 Å². The summed E-state index contributed by atoms with van der Waals surface area (Å²) < 4.78 is 0. The number of pyridine rings is 1. The largest absolute Gasteiger partial charge is 0.320 e. The fourth-order valence-electron chi connectivity index (χ4n) is 2.89. The Morgan fingerprint density at radius 2 is 1.71 bits per heavy atom. The third kappa shape index (κ3) is 3.88. The maximum Gasteiger partial charge on any atom is 0.258 e. The Labute approximate surface area is 172 Å². The molecule has 0 bridgehead atoms. The second-order valence-electron chi connectivity index (χ2n) is 6.31. The summed E-state index contributed by atoms with van der Waals surface area (Å²) in [6.07, 6.45) is 1.60. The molecule has 0 aliphatic rings. The van der Waals surface area contributed by atoms with Gasteiger partial charge in [-0.15, -0.1) is 0 Å². The molecule has 2 aromatic carbocycles. The van der Waals surface area contributed by atoms with Gasteiger partial charge in [0.1, 0.15) is 0 Å². The van der Waals surface area contributed by atoms with Crippen LogP contribution in [0.2, 0.25) is 10.0 Å². The van der Waals surface area contributed by atoms with Crippen LogP contribution in [0.1, 0.15) is 28.4 Å². The van der Waals surface area contributed by atoms with E-state index >= 15 is 0 Å². The highest BCUT2D eigenvalue weighted by molar-refractivity contribution is 6.40. The number of fused-ring (bicyclic) bond motifs is 1. The van der Waals surface area contributed by atoms with Gasteiger partial charge in [-0.05, 0) is 49.2 Å². The minimum Gasteiger partial charge on any atom is -0.320 e. The number of nitrogens with one attached hydrogen (secondary N) is 3. The molecular formula is C20H18Cl2N4O2. The molecule has 0 aliphatic carbocycles. The second kappa shape index (κ2) is 8.04. The van der Waals surface area contributed by atoms with Crippen molar-refractivity contribution < 1.29 is 9.59 Å². The minimum absolute atomic E-state index is 0.199. The van der Waals surface area contributed by atoms with Gasteiger partial charge in [-0.25, -0.2) is 0 Å². The van der Waals surface area contributed by atoms with Crippen molar-refractivity contribution in [2.75, 3.05) is 10.7 Å². The molecule has 0 aliphatic heterocycles. The zero-order valence-corrected chi connectivity index (χ0v) is 17.0. The number of carbonyl (C=O) groups is 2. The molecular weight excluding hydrogens is 399 g/mol. The molecule has 144 valence electrons. The van der Waals surface area contributed by atoms with Gasteiger partial charge < -0.3 is 5.32 Å². The van der Waals surface area contributed by atoms with E-state index in [4.69, 9.17) is 23.2 Å². The molecule has 1 heterocycles.